The Balaban J connectivity index is 0.00000363. The standard InChI is InChI=1S/C23H29N3O4S.ClH/c1-5-25(6-2)12-13-26(22(27)16-30-19-9-7-8-17(14-19)28-3)23-24-20-11-10-18(29-4)15-21(20)31-23;/h7-11,14-15H,5-6,12-13,16H2,1-4H3;1H. The summed E-state index contributed by atoms with van der Waals surface area (Å²) in [5.41, 5.74) is 0.843. The van der Waals surface area contributed by atoms with Gasteiger partial charge in [0.15, 0.2) is 11.7 Å². The maximum absolute atomic E-state index is 13.2. The molecule has 0 radical (unpaired) electrons. The number of aromatic nitrogens is 1. The fraction of sp³-hybridized carbons (Fsp3) is 0.391. The summed E-state index contributed by atoms with van der Waals surface area (Å²) in [6.07, 6.45) is 0. The summed E-state index contributed by atoms with van der Waals surface area (Å²) in [7, 11) is 3.24. The number of anilines is 1. The van der Waals surface area contributed by atoms with Gasteiger partial charge in [-0.05, 0) is 43.4 Å². The predicted octanol–water partition coefficient (Wildman–Crippen LogP) is 4.49. The van der Waals surface area contributed by atoms with Gasteiger partial charge in [-0.15, -0.1) is 12.4 Å². The number of methoxy groups -OCH3 is 2. The number of likely N-dealkylation sites (N-methyl/N-ethyl adjacent to an activating group) is 1. The molecule has 3 rings (SSSR count). The minimum absolute atomic E-state index is 0. The van der Waals surface area contributed by atoms with E-state index in [-0.39, 0.29) is 24.9 Å². The van der Waals surface area contributed by atoms with Crippen molar-refractivity contribution in [3.8, 4) is 17.2 Å². The molecule has 0 N–H and O–H groups in total. The lowest BCUT2D eigenvalue weighted by Crippen LogP contribution is -2.41. The minimum atomic E-state index is -0.138. The number of carbonyl (C=O) groups excluding carboxylic acids is 1. The fourth-order valence-corrected chi connectivity index (χ4v) is 4.19. The van der Waals surface area contributed by atoms with E-state index in [4.69, 9.17) is 19.2 Å². The number of benzene rings is 2. The van der Waals surface area contributed by atoms with Gasteiger partial charge in [-0.2, -0.15) is 0 Å². The Hall–Kier alpha value is -2.55. The number of ether oxygens (including phenoxy) is 3. The maximum atomic E-state index is 13.2. The van der Waals surface area contributed by atoms with Crippen LogP contribution in [0.5, 0.6) is 17.2 Å². The number of carbonyl (C=O) groups is 1. The first-order valence-electron chi connectivity index (χ1n) is 10.3. The molecule has 9 heteroatoms. The highest BCUT2D eigenvalue weighted by molar-refractivity contribution is 7.22. The first kappa shape index (κ1) is 25.7. The summed E-state index contributed by atoms with van der Waals surface area (Å²) in [4.78, 5) is 21.8. The van der Waals surface area contributed by atoms with Crippen molar-refractivity contribution < 1.29 is 19.0 Å². The molecule has 32 heavy (non-hydrogen) atoms. The van der Waals surface area contributed by atoms with Crippen LogP contribution in [0.15, 0.2) is 42.5 Å². The molecule has 0 bridgehead atoms. The van der Waals surface area contributed by atoms with E-state index in [1.807, 2.05) is 30.3 Å². The zero-order chi connectivity index (χ0) is 22.2. The summed E-state index contributed by atoms with van der Waals surface area (Å²) in [6, 6.07) is 13.0. The van der Waals surface area contributed by atoms with Crippen molar-refractivity contribution >= 4 is 45.0 Å². The van der Waals surface area contributed by atoms with Gasteiger partial charge >= 0.3 is 0 Å². The smallest absolute Gasteiger partial charge is 0.266 e. The molecule has 1 heterocycles. The molecule has 7 nitrogen and oxygen atoms in total. The Labute approximate surface area is 199 Å². The van der Waals surface area contributed by atoms with Gasteiger partial charge in [0.1, 0.15) is 17.2 Å². The maximum Gasteiger partial charge on any atom is 0.266 e. The second kappa shape index (κ2) is 12.5. The van der Waals surface area contributed by atoms with Crippen molar-refractivity contribution in [3.63, 3.8) is 0 Å². The molecule has 0 unspecified atom stereocenters. The third kappa shape index (κ3) is 6.48. The average molecular weight is 480 g/mol. The number of fused-ring (bicyclic) bond motifs is 1. The van der Waals surface area contributed by atoms with Crippen LogP contribution >= 0.6 is 23.7 Å². The van der Waals surface area contributed by atoms with Crippen LogP contribution in [0.1, 0.15) is 13.8 Å². The highest BCUT2D eigenvalue weighted by atomic mass is 35.5. The number of rotatable bonds is 11. The zero-order valence-corrected chi connectivity index (χ0v) is 20.5. The van der Waals surface area contributed by atoms with Crippen LogP contribution in [0, 0.1) is 0 Å². The number of thiazole rings is 1. The van der Waals surface area contributed by atoms with Crippen molar-refractivity contribution in [2.45, 2.75) is 13.8 Å². The Kier molecular flexibility index (Phi) is 10.0. The van der Waals surface area contributed by atoms with E-state index >= 15 is 0 Å². The molecule has 1 aromatic heterocycles. The van der Waals surface area contributed by atoms with Gasteiger partial charge in [-0.1, -0.05) is 31.3 Å². The molecule has 174 valence electrons. The van der Waals surface area contributed by atoms with Gasteiger partial charge in [-0.3, -0.25) is 9.69 Å². The molecule has 2 aromatic carbocycles. The van der Waals surface area contributed by atoms with Crippen LogP contribution in [0.2, 0.25) is 0 Å². The molecule has 3 aromatic rings. The van der Waals surface area contributed by atoms with Crippen molar-refractivity contribution in [3.05, 3.63) is 42.5 Å². The Morgan fingerprint density at radius 1 is 0.969 bits per heavy atom. The van der Waals surface area contributed by atoms with E-state index < -0.39 is 0 Å². The molecule has 0 aliphatic carbocycles. The van der Waals surface area contributed by atoms with E-state index in [0.29, 0.717) is 23.2 Å². The zero-order valence-electron chi connectivity index (χ0n) is 18.9. The largest absolute Gasteiger partial charge is 0.497 e. The lowest BCUT2D eigenvalue weighted by molar-refractivity contribution is -0.120. The number of amides is 1. The Morgan fingerprint density at radius 3 is 2.34 bits per heavy atom. The summed E-state index contributed by atoms with van der Waals surface area (Å²) >= 11 is 1.48. The number of halogens is 1. The summed E-state index contributed by atoms with van der Waals surface area (Å²) in [5, 5.41) is 0.662. The molecule has 0 atom stereocenters. The molecule has 1 amide bonds. The van der Waals surface area contributed by atoms with E-state index in [2.05, 4.69) is 18.7 Å². The van der Waals surface area contributed by atoms with E-state index in [1.54, 1.807) is 31.3 Å². The molecular weight excluding hydrogens is 450 g/mol. The van der Waals surface area contributed by atoms with Crippen LogP contribution in [0.25, 0.3) is 10.2 Å². The second-order valence-electron chi connectivity index (χ2n) is 6.87. The van der Waals surface area contributed by atoms with Crippen molar-refractivity contribution in [1.82, 2.24) is 9.88 Å². The Bertz CT molecular complexity index is 1010. The average Bonchev–Trinajstić information content (AvgIpc) is 3.23. The monoisotopic (exact) mass is 479 g/mol. The highest BCUT2D eigenvalue weighted by Crippen LogP contribution is 2.31. The molecule has 0 fully saturated rings. The minimum Gasteiger partial charge on any atom is -0.497 e. The Morgan fingerprint density at radius 2 is 1.66 bits per heavy atom. The lowest BCUT2D eigenvalue weighted by Gasteiger charge is -2.24. The topological polar surface area (TPSA) is 64.1 Å². The first-order valence-corrected chi connectivity index (χ1v) is 11.1. The third-order valence-corrected chi connectivity index (χ3v) is 6.10. The SMILES string of the molecule is CCN(CC)CCN(C(=O)COc1cccc(OC)c1)c1nc2ccc(OC)cc2s1.Cl. The second-order valence-corrected chi connectivity index (χ2v) is 7.88. The molecule has 0 aliphatic rings. The normalized spacial score (nSPS) is 10.7. The van der Waals surface area contributed by atoms with Gasteiger partial charge in [0, 0.05) is 19.2 Å². The molecule has 0 saturated heterocycles. The predicted molar refractivity (Wildman–Crippen MR) is 132 cm³/mol. The first-order chi connectivity index (χ1) is 15.1. The highest BCUT2D eigenvalue weighted by Gasteiger charge is 2.21. The molecule has 0 saturated carbocycles. The van der Waals surface area contributed by atoms with E-state index in [1.165, 1.54) is 11.3 Å². The van der Waals surface area contributed by atoms with Gasteiger partial charge < -0.3 is 19.1 Å². The van der Waals surface area contributed by atoms with Gasteiger partial charge in [0.05, 0.1) is 24.4 Å². The quantitative estimate of drug-likeness (QED) is 0.404. The summed E-state index contributed by atoms with van der Waals surface area (Å²) in [6.45, 7) is 7.31. The van der Waals surface area contributed by atoms with Gasteiger partial charge in [-0.25, -0.2) is 4.98 Å². The summed E-state index contributed by atoms with van der Waals surface area (Å²) < 4.78 is 17.3. The van der Waals surface area contributed by atoms with Crippen molar-refractivity contribution in [2.75, 3.05) is 51.9 Å². The summed E-state index contributed by atoms with van der Waals surface area (Å²) in [5.74, 6) is 1.90. The van der Waals surface area contributed by atoms with Gasteiger partial charge in [0.25, 0.3) is 5.91 Å². The number of hydrogen-bond donors (Lipinski definition) is 0. The third-order valence-electron chi connectivity index (χ3n) is 5.05. The van der Waals surface area contributed by atoms with Crippen molar-refractivity contribution in [2.24, 2.45) is 0 Å². The van der Waals surface area contributed by atoms with Crippen LogP contribution in [-0.2, 0) is 4.79 Å². The van der Waals surface area contributed by atoms with Crippen LogP contribution in [-0.4, -0.2) is 62.8 Å². The van der Waals surface area contributed by atoms with Crippen LogP contribution < -0.4 is 19.1 Å². The number of nitrogens with zero attached hydrogens (tertiary/aromatic N) is 3. The molecule has 0 aliphatic heterocycles. The van der Waals surface area contributed by atoms with Gasteiger partial charge in [0.2, 0.25) is 0 Å². The van der Waals surface area contributed by atoms with Crippen LogP contribution in [0.4, 0.5) is 5.13 Å². The number of hydrogen-bond acceptors (Lipinski definition) is 7. The molecule has 0 spiro atoms. The fourth-order valence-electron chi connectivity index (χ4n) is 3.16. The van der Waals surface area contributed by atoms with E-state index in [0.717, 1.165) is 35.6 Å². The van der Waals surface area contributed by atoms with Crippen LogP contribution in [0.3, 0.4) is 0 Å². The lowest BCUT2D eigenvalue weighted by atomic mass is 10.3. The van der Waals surface area contributed by atoms with Crippen molar-refractivity contribution in [1.29, 1.82) is 0 Å². The van der Waals surface area contributed by atoms with E-state index in [9.17, 15) is 4.79 Å². The molecular formula is C23H30ClN3O4S.